The second-order valence-electron chi connectivity index (χ2n) is 7.42. The van der Waals surface area contributed by atoms with Gasteiger partial charge in [-0.2, -0.15) is 0 Å². The van der Waals surface area contributed by atoms with Gasteiger partial charge < -0.3 is 20.7 Å². The Bertz CT molecular complexity index is 654. The van der Waals surface area contributed by atoms with E-state index in [0.29, 0.717) is 25.4 Å². The van der Waals surface area contributed by atoms with Crippen LogP contribution < -0.4 is 20.7 Å². The number of rotatable bonds is 8. The minimum absolute atomic E-state index is 0.173. The van der Waals surface area contributed by atoms with Crippen LogP contribution in [0.2, 0.25) is 0 Å². The van der Waals surface area contributed by atoms with Crippen molar-refractivity contribution in [1.82, 2.24) is 16.0 Å². The normalized spacial score (nSPS) is 16.7. The summed E-state index contributed by atoms with van der Waals surface area (Å²) in [7, 11) is 1.76. The molecule has 27 heavy (non-hydrogen) atoms. The van der Waals surface area contributed by atoms with Crippen LogP contribution in [0.5, 0.6) is 5.75 Å². The molecule has 0 spiro atoms. The van der Waals surface area contributed by atoms with Crippen LogP contribution in [0.25, 0.3) is 0 Å². The maximum Gasteiger partial charge on any atom is 0.220 e. The fraction of sp³-hybridized carbons (Fsp3) is 0.619. The van der Waals surface area contributed by atoms with Crippen LogP contribution in [0.1, 0.15) is 43.2 Å². The van der Waals surface area contributed by atoms with E-state index in [1.165, 1.54) is 36.8 Å². The number of hydrogen-bond donors (Lipinski definition) is 3. The maximum absolute atomic E-state index is 11.9. The van der Waals surface area contributed by atoms with E-state index in [9.17, 15) is 4.79 Å². The molecule has 0 radical (unpaired) electrons. The van der Waals surface area contributed by atoms with Crippen LogP contribution in [0.3, 0.4) is 0 Å². The molecule has 6 nitrogen and oxygen atoms in total. The van der Waals surface area contributed by atoms with Crippen LogP contribution in [-0.2, 0) is 17.6 Å². The fourth-order valence-electron chi connectivity index (χ4n) is 3.87. The van der Waals surface area contributed by atoms with Crippen molar-refractivity contribution in [2.75, 3.05) is 33.3 Å². The molecule has 3 rings (SSSR count). The van der Waals surface area contributed by atoms with Crippen molar-refractivity contribution in [3.8, 4) is 5.75 Å². The van der Waals surface area contributed by atoms with Gasteiger partial charge in [-0.3, -0.25) is 9.79 Å². The molecule has 0 saturated heterocycles. The number of carbonyl (C=O) groups is 1. The van der Waals surface area contributed by atoms with Crippen molar-refractivity contribution in [1.29, 1.82) is 0 Å². The molecule has 0 aromatic heterocycles. The van der Waals surface area contributed by atoms with Gasteiger partial charge in [-0.15, -0.1) is 0 Å². The third-order valence-electron chi connectivity index (χ3n) is 5.37. The lowest BCUT2D eigenvalue weighted by molar-refractivity contribution is -0.121. The highest BCUT2D eigenvalue weighted by atomic mass is 16.5. The number of carbonyl (C=O) groups excluding carboxylic acids is 1. The van der Waals surface area contributed by atoms with E-state index in [1.54, 1.807) is 7.05 Å². The minimum atomic E-state index is 0.173. The largest absolute Gasteiger partial charge is 0.493 e. The summed E-state index contributed by atoms with van der Waals surface area (Å²) in [5, 5.41) is 9.58. The van der Waals surface area contributed by atoms with Gasteiger partial charge in [0.1, 0.15) is 5.75 Å². The van der Waals surface area contributed by atoms with Gasteiger partial charge in [-0.25, -0.2) is 0 Å². The van der Waals surface area contributed by atoms with Gasteiger partial charge in [0.25, 0.3) is 0 Å². The van der Waals surface area contributed by atoms with E-state index in [0.717, 1.165) is 37.7 Å². The number of aliphatic imine (C=N–C) groups is 1. The van der Waals surface area contributed by atoms with Crippen molar-refractivity contribution >= 4 is 11.9 Å². The molecule has 0 bridgehead atoms. The van der Waals surface area contributed by atoms with Crippen molar-refractivity contribution < 1.29 is 9.53 Å². The van der Waals surface area contributed by atoms with E-state index in [-0.39, 0.29) is 5.91 Å². The van der Waals surface area contributed by atoms with E-state index in [2.05, 4.69) is 39.1 Å². The van der Waals surface area contributed by atoms with Gasteiger partial charge in [0.15, 0.2) is 5.96 Å². The number of nitrogens with zero attached hydrogens (tertiary/aromatic N) is 1. The average Bonchev–Trinajstić information content (AvgIpc) is 3.34. The summed E-state index contributed by atoms with van der Waals surface area (Å²) in [5.74, 6) is 2.56. The number of nitrogens with one attached hydrogen (secondary N) is 3. The molecule has 1 aromatic carbocycles. The van der Waals surface area contributed by atoms with Gasteiger partial charge in [0.2, 0.25) is 5.91 Å². The summed E-state index contributed by atoms with van der Waals surface area (Å²) in [6.07, 6.45) is 7.59. The Morgan fingerprint density at radius 1 is 1.15 bits per heavy atom. The zero-order chi connectivity index (χ0) is 18.9. The Morgan fingerprint density at radius 2 is 1.93 bits per heavy atom. The molecule has 1 fully saturated rings. The molecule has 1 amide bonds. The Hall–Kier alpha value is -2.24. The molecule has 0 atom stereocenters. The summed E-state index contributed by atoms with van der Waals surface area (Å²) >= 11 is 0. The second-order valence-corrected chi connectivity index (χ2v) is 7.42. The van der Waals surface area contributed by atoms with Crippen molar-refractivity contribution in [2.24, 2.45) is 10.9 Å². The van der Waals surface area contributed by atoms with Crippen molar-refractivity contribution in [3.05, 3.63) is 29.3 Å². The van der Waals surface area contributed by atoms with Gasteiger partial charge in [0, 0.05) is 39.5 Å². The van der Waals surface area contributed by atoms with Crippen LogP contribution in [-0.4, -0.2) is 45.2 Å². The first-order valence-corrected chi connectivity index (χ1v) is 10.2. The molecule has 6 heteroatoms. The molecular weight excluding hydrogens is 340 g/mol. The quantitative estimate of drug-likeness (QED) is 0.371. The van der Waals surface area contributed by atoms with Crippen LogP contribution in [0.4, 0.5) is 0 Å². The number of amides is 1. The predicted molar refractivity (Wildman–Crippen MR) is 108 cm³/mol. The zero-order valence-electron chi connectivity index (χ0n) is 16.4. The summed E-state index contributed by atoms with van der Waals surface area (Å²) in [5.41, 5.74) is 2.62. The maximum atomic E-state index is 11.9. The van der Waals surface area contributed by atoms with E-state index in [1.807, 2.05) is 0 Å². The van der Waals surface area contributed by atoms with E-state index in [4.69, 9.17) is 4.74 Å². The third-order valence-corrected chi connectivity index (χ3v) is 5.37. The lowest BCUT2D eigenvalue weighted by Gasteiger charge is -2.13. The molecule has 1 aromatic rings. The summed E-state index contributed by atoms with van der Waals surface area (Å²) < 4.78 is 5.55. The summed E-state index contributed by atoms with van der Waals surface area (Å²) in [4.78, 5) is 16.2. The molecule has 3 N–H and O–H groups in total. The Labute approximate surface area is 162 Å². The molecule has 1 heterocycles. The molecule has 2 aliphatic rings. The average molecular weight is 373 g/mol. The second kappa shape index (κ2) is 10.2. The number of ether oxygens (including phenoxy) is 1. The Morgan fingerprint density at radius 3 is 2.74 bits per heavy atom. The molecule has 1 saturated carbocycles. The first-order valence-electron chi connectivity index (χ1n) is 10.2. The van der Waals surface area contributed by atoms with E-state index < -0.39 is 0 Å². The number of hydrogen-bond acceptors (Lipinski definition) is 3. The monoisotopic (exact) mass is 372 g/mol. The van der Waals surface area contributed by atoms with Crippen molar-refractivity contribution in [2.45, 2.75) is 44.9 Å². The lowest BCUT2D eigenvalue weighted by Crippen LogP contribution is -2.42. The van der Waals surface area contributed by atoms with Gasteiger partial charge >= 0.3 is 0 Å². The molecule has 148 valence electrons. The van der Waals surface area contributed by atoms with Gasteiger partial charge in [-0.05, 0) is 42.4 Å². The number of fused-ring (bicyclic) bond motifs is 1. The van der Waals surface area contributed by atoms with Crippen molar-refractivity contribution in [3.63, 3.8) is 0 Å². The molecular formula is C21H32N4O2. The third kappa shape index (κ3) is 6.15. The molecule has 1 aliphatic heterocycles. The standard InChI is InChI=1S/C21H32N4O2/c1-22-21(25-12-11-23-20(26)15-16-4-2-3-5-16)24-10-8-17-6-7-19-18(14-17)9-13-27-19/h6-7,14,16H,2-5,8-13,15H2,1H3,(H,23,26)(H2,22,24,25). The van der Waals surface area contributed by atoms with Crippen LogP contribution in [0.15, 0.2) is 23.2 Å². The fourth-order valence-corrected chi connectivity index (χ4v) is 3.87. The van der Waals surface area contributed by atoms with Crippen LogP contribution in [0, 0.1) is 5.92 Å². The topological polar surface area (TPSA) is 74.8 Å². The molecule has 0 unspecified atom stereocenters. The highest BCUT2D eigenvalue weighted by molar-refractivity contribution is 5.80. The van der Waals surface area contributed by atoms with Crippen LogP contribution >= 0.6 is 0 Å². The van der Waals surface area contributed by atoms with Gasteiger partial charge in [0.05, 0.1) is 6.61 Å². The smallest absolute Gasteiger partial charge is 0.220 e. The SMILES string of the molecule is CN=C(NCCNC(=O)CC1CCCC1)NCCc1ccc2c(c1)CCO2. The minimum Gasteiger partial charge on any atom is -0.493 e. The first-order chi connectivity index (χ1) is 13.2. The lowest BCUT2D eigenvalue weighted by atomic mass is 10.0. The highest BCUT2D eigenvalue weighted by Crippen LogP contribution is 2.27. The summed E-state index contributed by atoms with van der Waals surface area (Å²) in [6.45, 7) is 2.90. The predicted octanol–water partition coefficient (Wildman–Crippen LogP) is 2.03. The highest BCUT2D eigenvalue weighted by Gasteiger charge is 2.18. The first kappa shape index (κ1) is 19.5. The Kier molecular flexibility index (Phi) is 7.36. The van der Waals surface area contributed by atoms with Gasteiger partial charge in [-0.1, -0.05) is 25.0 Å². The Balaban J connectivity index is 1.28. The molecule has 1 aliphatic carbocycles. The number of benzene rings is 1. The number of guanidine groups is 1. The summed E-state index contributed by atoms with van der Waals surface area (Å²) in [6, 6.07) is 6.43. The zero-order valence-corrected chi connectivity index (χ0v) is 16.4. The van der Waals surface area contributed by atoms with E-state index >= 15 is 0 Å².